The summed E-state index contributed by atoms with van der Waals surface area (Å²) >= 11 is 1.10. The number of aryl methyl sites for hydroxylation is 3. The fourth-order valence-corrected chi connectivity index (χ4v) is 5.54. The summed E-state index contributed by atoms with van der Waals surface area (Å²) in [5.74, 6) is -0.619. The Morgan fingerprint density at radius 2 is 1.83 bits per heavy atom. The molecule has 1 aromatic carbocycles. The minimum atomic E-state index is -4.49. The highest BCUT2D eigenvalue weighted by Crippen LogP contribution is 2.30. The number of amides is 1. The largest absolute Gasteiger partial charge is 0.390 e. The van der Waals surface area contributed by atoms with Gasteiger partial charge in [-0.2, -0.15) is 13.2 Å². The first kappa shape index (κ1) is 25.1. The number of thiophene rings is 1. The molecule has 1 aliphatic heterocycles. The zero-order valence-corrected chi connectivity index (χ0v) is 19.8. The molecule has 188 valence electrons. The first-order valence-corrected chi connectivity index (χ1v) is 11.9. The van der Waals surface area contributed by atoms with Gasteiger partial charge in [-0.15, -0.1) is 11.3 Å². The number of rotatable bonds is 7. The maximum atomic E-state index is 14.1. The molecule has 0 saturated carbocycles. The number of halogens is 4. The highest BCUT2D eigenvalue weighted by atomic mass is 32.1. The maximum Gasteiger partial charge on any atom is 0.390 e. The van der Waals surface area contributed by atoms with Gasteiger partial charge in [-0.25, -0.2) is 9.18 Å². The monoisotopic (exact) mass is 512 g/mol. The molecule has 2 aromatic heterocycles. The second-order valence-corrected chi connectivity index (χ2v) is 9.57. The predicted octanol–water partition coefficient (Wildman–Crippen LogP) is 2.80. The van der Waals surface area contributed by atoms with Crippen molar-refractivity contribution in [3.63, 3.8) is 0 Å². The Morgan fingerprint density at radius 1 is 1.09 bits per heavy atom. The number of fused-ring (bicyclic) bond motifs is 1. The van der Waals surface area contributed by atoms with Gasteiger partial charge in [0.2, 0.25) is 5.91 Å². The Morgan fingerprint density at radius 3 is 2.51 bits per heavy atom. The van der Waals surface area contributed by atoms with Gasteiger partial charge < -0.3 is 5.32 Å². The summed E-state index contributed by atoms with van der Waals surface area (Å²) in [4.78, 5) is 41.0. The van der Waals surface area contributed by atoms with Crippen molar-refractivity contribution in [1.82, 2.24) is 19.4 Å². The van der Waals surface area contributed by atoms with E-state index in [0.29, 0.717) is 35.6 Å². The predicted molar refractivity (Wildman–Crippen MR) is 124 cm³/mol. The molecule has 0 spiro atoms. The molecule has 1 N–H and O–H groups in total. The normalized spacial score (nSPS) is 15.1. The summed E-state index contributed by atoms with van der Waals surface area (Å²) in [7, 11) is 0. The first-order chi connectivity index (χ1) is 16.5. The van der Waals surface area contributed by atoms with Crippen LogP contribution in [0.1, 0.15) is 22.4 Å². The molecule has 0 radical (unpaired) electrons. The number of hydrogen-bond donors (Lipinski definition) is 1. The Hall–Kier alpha value is -2.99. The van der Waals surface area contributed by atoms with Crippen LogP contribution < -0.4 is 16.6 Å². The Balaban J connectivity index is 1.78. The van der Waals surface area contributed by atoms with Gasteiger partial charge in [0.15, 0.2) is 0 Å². The zero-order valence-electron chi connectivity index (χ0n) is 19.0. The van der Waals surface area contributed by atoms with E-state index in [1.54, 1.807) is 13.0 Å². The lowest BCUT2D eigenvalue weighted by molar-refractivity contribution is -0.136. The fourth-order valence-electron chi connectivity index (χ4n) is 4.19. The average Bonchev–Trinajstić information content (AvgIpc) is 3.10. The fraction of sp³-hybridized carbons (Fsp3) is 0.435. The Bertz CT molecular complexity index is 1380. The van der Waals surface area contributed by atoms with Gasteiger partial charge in [-0.3, -0.25) is 23.6 Å². The molecule has 12 heteroatoms. The molecule has 3 heterocycles. The van der Waals surface area contributed by atoms with Crippen molar-refractivity contribution in [1.29, 1.82) is 0 Å². The molecule has 4 rings (SSSR count). The number of carbonyl (C=O) groups is 1. The van der Waals surface area contributed by atoms with Crippen LogP contribution in [0.2, 0.25) is 0 Å². The average molecular weight is 513 g/mol. The van der Waals surface area contributed by atoms with Gasteiger partial charge in [-0.1, -0.05) is 18.2 Å². The summed E-state index contributed by atoms with van der Waals surface area (Å²) in [5.41, 5.74) is -0.595. The van der Waals surface area contributed by atoms with Crippen molar-refractivity contribution in [3.8, 4) is 0 Å². The molecule has 7 nitrogen and oxygen atoms in total. The third-order valence-electron chi connectivity index (χ3n) is 6.06. The highest BCUT2D eigenvalue weighted by molar-refractivity contribution is 7.18. The van der Waals surface area contributed by atoms with Gasteiger partial charge in [0.05, 0.1) is 18.4 Å². The molecule has 35 heavy (non-hydrogen) atoms. The van der Waals surface area contributed by atoms with Crippen LogP contribution in [-0.2, 0) is 30.8 Å². The van der Waals surface area contributed by atoms with Gasteiger partial charge in [-0.05, 0) is 30.5 Å². The molecule has 1 amide bonds. The van der Waals surface area contributed by atoms with E-state index < -0.39 is 36.2 Å². The molecule has 1 saturated heterocycles. The second kappa shape index (κ2) is 9.94. The number of aromatic nitrogens is 2. The van der Waals surface area contributed by atoms with Crippen LogP contribution in [0.3, 0.4) is 0 Å². The smallest absolute Gasteiger partial charge is 0.354 e. The maximum absolute atomic E-state index is 14.1. The molecule has 0 unspecified atom stereocenters. The van der Waals surface area contributed by atoms with Crippen LogP contribution in [-0.4, -0.2) is 45.8 Å². The van der Waals surface area contributed by atoms with Gasteiger partial charge in [0, 0.05) is 37.6 Å². The van der Waals surface area contributed by atoms with Crippen LogP contribution in [0.4, 0.5) is 17.6 Å². The molecule has 3 aromatic rings. The quantitative estimate of drug-likeness (QED) is 0.494. The number of alkyl halides is 3. The lowest BCUT2D eigenvalue weighted by atomic mass is 10.1. The summed E-state index contributed by atoms with van der Waals surface area (Å²) < 4.78 is 55.0. The Kier molecular flexibility index (Phi) is 7.13. The van der Waals surface area contributed by atoms with Crippen molar-refractivity contribution < 1.29 is 22.4 Å². The highest BCUT2D eigenvalue weighted by Gasteiger charge is 2.29. The molecule has 0 bridgehead atoms. The SMILES string of the molecule is Cc1c(CN2CCNC(=O)C2)sc2c1c(=O)n(CCc1ccccc1F)c(=O)n2CCC(F)(F)F. The minimum absolute atomic E-state index is 0.0333. The third kappa shape index (κ3) is 5.48. The molecule has 1 fully saturated rings. The van der Waals surface area contributed by atoms with E-state index in [2.05, 4.69) is 5.32 Å². The minimum Gasteiger partial charge on any atom is -0.354 e. The number of hydrogen-bond acceptors (Lipinski definition) is 5. The molecular weight excluding hydrogens is 488 g/mol. The van der Waals surface area contributed by atoms with E-state index >= 15 is 0 Å². The number of benzene rings is 1. The van der Waals surface area contributed by atoms with E-state index in [-0.39, 0.29) is 35.6 Å². The summed E-state index contributed by atoms with van der Waals surface area (Å²) in [5, 5.41) is 2.91. The molecule has 1 aliphatic rings. The van der Waals surface area contributed by atoms with Gasteiger partial charge >= 0.3 is 11.9 Å². The van der Waals surface area contributed by atoms with E-state index in [1.807, 2.05) is 4.90 Å². The van der Waals surface area contributed by atoms with Crippen LogP contribution in [0.25, 0.3) is 10.2 Å². The zero-order chi connectivity index (χ0) is 25.3. The van der Waals surface area contributed by atoms with Gasteiger partial charge in [0.1, 0.15) is 10.6 Å². The lowest BCUT2D eigenvalue weighted by Gasteiger charge is -2.26. The topological polar surface area (TPSA) is 76.3 Å². The lowest BCUT2D eigenvalue weighted by Crippen LogP contribution is -2.47. The van der Waals surface area contributed by atoms with Crippen LogP contribution in [0.5, 0.6) is 0 Å². The molecule has 0 atom stereocenters. The second-order valence-electron chi connectivity index (χ2n) is 8.49. The first-order valence-electron chi connectivity index (χ1n) is 11.1. The molecular formula is C23H24F4N4O3S. The Labute approximate surface area is 201 Å². The van der Waals surface area contributed by atoms with Crippen LogP contribution >= 0.6 is 11.3 Å². The number of carbonyl (C=O) groups excluding carboxylic acids is 1. The van der Waals surface area contributed by atoms with Crippen molar-refractivity contribution in [2.75, 3.05) is 19.6 Å². The number of nitrogens with one attached hydrogen (secondary N) is 1. The van der Waals surface area contributed by atoms with Crippen molar-refractivity contribution in [3.05, 3.63) is 66.9 Å². The van der Waals surface area contributed by atoms with Gasteiger partial charge in [0.25, 0.3) is 5.56 Å². The van der Waals surface area contributed by atoms with Crippen LogP contribution in [0.15, 0.2) is 33.9 Å². The number of nitrogens with zero attached hydrogens (tertiary/aromatic N) is 3. The van der Waals surface area contributed by atoms with Crippen molar-refractivity contribution in [2.45, 2.75) is 45.6 Å². The summed E-state index contributed by atoms with van der Waals surface area (Å²) in [6.45, 7) is 2.46. The van der Waals surface area contributed by atoms with Crippen molar-refractivity contribution in [2.24, 2.45) is 0 Å². The third-order valence-corrected chi connectivity index (χ3v) is 7.36. The van der Waals surface area contributed by atoms with E-state index in [4.69, 9.17) is 0 Å². The van der Waals surface area contributed by atoms with E-state index in [0.717, 1.165) is 20.5 Å². The standard InChI is InChI=1S/C23H24F4N4O3S/c1-14-17(12-29-11-8-28-18(32)13-29)35-21-19(14)20(33)30(9-6-15-4-2-3-5-16(15)24)22(34)31(21)10-7-23(25,26)27/h2-5H,6-13H2,1H3,(H,28,32). The van der Waals surface area contributed by atoms with Crippen molar-refractivity contribution >= 4 is 27.5 Å². The van der Waals surface area contributed by atoms with E-state index in [9.17, 15) is 31.9 Å². The number of piperazine rings is 1. The van der Waals surface area contributed by atoms with Crippen LogP contribution in [0, 0.1) is 12.7 Å². The van der Waals surface area contributed by atoms with E-state index in [1.165, 1.54) is 18.2 Å². The molecule has 0 aliphatic carbocycles. The summed E-state index contributed by atoms with van der Waals surface area (Å²) in [6.07, 6.45) is -5.69. The summed E-state index contributed by atoms with van der Waals surface area (Å²) in [6, 6.07) is 5.94.